The number of carbonyl (C=O) groups excluding carboxylic acids is 1. The molecule has 1 aliphatic rings. The highest BCUT2D eigenvalue weighted by Gasteiger charge is 2.48. The maximum atomic E-state index is 13.2. The number of benzene rings is 3. The molecular formula is C26H22N2O4S. The Morgan fingerprint density at radius 1 is 1.00 bits per heavy atom. The molecule has 0 amide bonds. The van der Waals surface area contributed by atoms with Gasteiger partial charge in [-0.3, -0.25) is 0 Å². The zero-order valence-corrected chi connectivity index (χ0v) is 19.3. The minimum atomic E-state index is -1.90. The van der Waals surface area contributed by atoms with Crippen LogP contribution in [0.1, 0.15) is 27.8 Å². The number of fused-ring (bicyclic) bond motifs is 1. The van der Waals surface area contributed by atoms with Gasteiger partial charge in [-0.2, -0.15) is 8.75 Å². The van der Waals surface area contributed by atoms with Crippen LogP contribution in [0.2, 0.25) is 0 Å². The van der Waals surface area contributed by atoms with E-state index in [4.69, 9.17) is 9.47 Å². The highest BCUT2D eigenvalue weighted by molar-refractivity contribution is 7.00. The van der Waals surface area contributed by atoms with Crippen molar-refractivity contribution < 1.29 is 19.4 Å². The average molecular weight is 459 g/mol. The Balaban J connectivity index is 1.74. The molecule has 0 spiro atoms. The zero-order chi connectivity index (χ0) is 23.2. The summed E-state index contributed by atoms with van der Waals surface area (Å²) in [5.74, 6) is -1.81. The third-order valence-electron chi connectivity index (χ3n) is 6.16. The summed E-state index contributed by atoms with van der Waals surface area (Å²) in [4.78, 5) is 13.2. The Morgan fingerprint density at radius 3 is 2.58 bits per heavy atom. The molecule has 1 atom stereocenters. The molecule has 5 rings (SSSR count). The number of aromatic nitrogens is 2. The van der Waals surface area contributed by atoms with E-state index in [1.165, 1.54) is 0 Å². The maximum absolute atomic E-state index is 13.2. The van der Waals surface area contributed by atoms with Crippen LogP contribution in [0.15, 0.2) is 66.2 Å². The van der Waals surface area contributed by atoms with Gasteiger partial charge in [-0.25, -0.2) is 4.79 Å². The fourth-order valence-corrected chi connectivity index (χ4v) is 4.72. The van der Waals surface area contributed by atoms with Gasteiger partial charge in [-0.15, -0.1) is 0 Å². The number of cyclic esters (lactones) is 1. The molecule has 33 heavy (non-hydrogen) atoms. The number of aryl methyl sites for hydroxylation is 2. The molecule has 1 aromatic heterocycles. The van der Waals surface area contributed by atoms with Crippen molar-refractivity contribution in [2.75, 3.05) is 7.11 Å². The first-order chi connectivity index (χ1) is 15.9. The zero-order valence-electron chi connectivity index (χ0n) is 18.5. The fraction of sp³-hybridized carbons (Fsp3) is 0.192. The quantitative estimate of drug-likeness (QED) is 0.436. The van der Waals surface area contributed by atoms with Gasteiger partial charge in [0.1, 0.15) is 16.8 Å². The molecule has 3 aromatic carbocycles. The lowest BCUT2D eigenvalue weighted by Crippen LogP contribution is -2.30. The lowest BCUT2D eigenvalue weighted by atomic mass is 9.87. The van der Waals surface area contributed by atoms with E-state index in [0.29, 0.717) is 33.5 Å². The van der Waals surface area contributed by atoms with Crippen LogP contribution in [0.25, 0.3) is 16.6 Å². The summed E-state index contributed by atoms with van der Waals surface area (Å²) in [7, 11) is 1.60. The number of hydrogen-bond acceptors (Lipinski definition) is 7. The molecule has 1 aliphatic heterocycles. The fourth-order valence-electron chi connectivity index (χ4n) is 4.20. The summed E-state index contributed by atoms with van der Waals surface area (Å²) < 4.78 is 19.8. The second kappa shape index (κ2) is 8.10. The lowest BCUT2D eigenvalue weighted by molar-refractivity contribution is -0.185. The van der Waals surface area contributed by atoms with Crippen LogP contribution in [0.4, 0.5) is 0 Å². The Morgan fingerprint density at radius 2 is 1.79 bits per heavy atom. The minimum absolute atomic E-state index is 0.266. The van der Waals surface area contributed by atoms with Crippen LogP contribution in [0.5, 0.6) is 5.75 Å². The van der Waals surface area contributed by atoms with Crippen molar-refractivity contribution in [1.82, 2.24) is 8.75 Å². The van der Waals surface area contributed by atoms with Crippen molar-refractivity contribution >= 4 is 34.3 Å². The largest absolute Gasteiger partial charge is 0.496 e. The number of methoxy groups -OCH3 is 1. The molecule has 0 radical (unpaired) electrons. The predicted octanol–water partition coefficient (Wildman–Crippen LogP) is 4.72. The SMILES string of the molecule is COc1ccccc1CC1=C(c2ccc3nsnc3c2)C(=O)OC1(O)c1ccc(C)c(C)c1. The van der Waals surface area contributed by atoms with Crippen molar-refractivity contribution in [3.63, 3.8) is 0 Å². The minimum Gasteiger partial charge on any atom is -0.496 e. The summed E-state index contributed by atoms with van der Waals surface area (Å²) in [6, 6.07) is 18.6. The summed E-state index contributed by atoms with van der Waals surface area (Å²) >= 11 is 1.11. The smallest absolute Gasteiger partial charge is 0.342 e. The van der Waals surface area contributed by atoms with Crippen molar-refractivity contribution in [1.29, 1.82) is 0 Å². The maximum Gasteiger partial charge on any atom is 0.342 e. The van der Waals surface area contributed by atoms with Gasteiger partial charge in [0.2, 0.25) is 0 Å². The molecule has 0 aliphatic carbocycles. The Kier molecular flexibility index (Phi) is 5.23. The number of nitrogens with zero attached hydrogens (tertiary/aromatic N) is 2. The van der Waals surface area contributed by atoms with Crippen LogP contribution >= 0.6 is 11.7 Å². The molecule has 0 saturated carbocycles. The Labute approximate surface area is 195 Å². The molecule has 166 valence electrons. The monoisotopic (exact) mass is 458 g/mol. The molecule has 1 N–H and O–H groups in total. The Hall–Kier alpha value is -3.55. The standard InChI is InChI=1S/C26H22N2O4S/c1-15-8-10-19(12-16(15)2)26(30)20(13-17-6-4-5-7-23(17)31-3)24(25(29)32-26)18-9-11-21-22(14-18)28-33-27-21/h4-12,14,30H,13H2,1-3H3. The van der Waals surface area contributed by atoms with E-state index in [0.717, 1.165) is 33.9 Å². The summed E-state index contributed by atoms with van der Waals surface area (Å²) in [5, 5.41) is 11.9. The number of esters is 1. The molecule has 4 aromatic rings. The molecule has 6 nitrogen and oxygen atoms in total. The van der Waals surface area contributed by atoms with Crippen LogP contribution in [0.3, 0.4) is 0 Å². The van der Waals surface area contributed by atoms with Gasteiger partial charge in [0.05, 0.1) is 24.4 Å². The third-order valence-corrected chi connectivity index (χ3v) is 6.71. The third kappa shape index (κ3) is 3.59. The van der Waals surface area contributed by atoms with E-state index in [2.05, 4.69) is 8.75 Å². The number of aliphatic hydroxyl groups is 1. The van der Waals surface area contributed by atoms with E-state index in [9.17, 15) is 9.90 Å². The molecule has 0 saturated heterocycles. The lowest BCUT2D eigenvalue weighted by Gasteiger charge is -2.26. The van der Waals surface area contributed by atoms with Crippen molar-refractivity contribution in [2.24, 2.45) is 0 Å². The topological polar surface area (TPSA) is 81.5 Å². The number of hydrogen-bond donors (Lipinski definition) is 1. The van der Waals surface area contributed by atoms with E-state index >= 15 is 0 Å². The number of ether oxygens (including phenoxy) is 2. The first kappa shape index (κ1) is 21.3. The van der Waals surface area contributed by atoms with Crippen LogP contribution < -0.4 is 4.74 Å². The van der Waals surface area contributed by atoms with Crippen LogP contribution in [0, 0.1) is 13.8 Å². The average Bonchev–Trinajstić information content (AvgIpc) is 3.38. The normalized spacial score (nSPS) is 18.1. The first-order valence-corrected chi connectivity index (χ1v) is 11.3. The van der Waals surface area contributed by atoms with Gasteiger partial charge in [-0.05, 0) is 60.4 Å². The van der Waals surface area contributed by atoms with Gasteiger partial charge in [-0.1, -0.05) is 36.4 Å². The molecule has 2 heterocycles. The highest BCUT2D eigenvalue weighted by Crippen LogP contribution is 2.46. The van der Waals surface area contributed by atoms with E-state index in [1.54, 1.807) is 13.2 Å². The second-order valence-electron chi connectivity index (χ2n) is 8.14. The van der Waals surface area contributed by atoms with Gasteiger partial charge < -0.3 is 14.6 Å². The first-order valence-electron chi connectivity index (χ1n) is 10.5. The summed E-state index contributed by atoms with van der Waals surface area (Å²) in [5.41, 5.74) is 6.30. The van der Waals surface area contributed by atoms with E-state index in [-0.39, 0.29) is 6.42 Å². The molecule has 7 heteroatoms. The van der Waals surface area contributed by atoms with Crippen molar-refractivity contribution in [3.05, 3.63) is 94.1 Å². The number of carbonyl (C=O) groups is 1. The van der Waals surface area contributed by atoms with Crippen LogP contribution in [-0.4, -0.2) is 26.9 Å². The van der Waals surface area contributed by atoms with Gasteiger partial charge in [0, 0.05) is 17.6 Å². The second-order valence-corrected chi connectivity index (χ2v) is 8.67. The van der Waals surface area contributed by atoms with Gasteiger partial charge in [0.15, 0.2) is 0 Å². The van der Waals surface area contributed by atoms with Gasteiger partial charge in [0.25, 0.3) is 5.79 Å². The molecule has 0 fully saturated rings. The molecular weight excluding hydrogens is 436 g/mol. The van der Waals surface area contributed by atoms with Gasteiger partial charge >= 0.3 is 5.97 Å². The van der Waals surface area contributed by atoms with Crippen molar-refractivity contribution in [2.45, 2.75) is 26.1 Å². The Bertz CT molecular complexity index is 1420. The van der Waals surface area contributed by atoms with E-state index < -0.39 is 11.8 Å². The number of rotatable bonds is 5. The molecule has 1 unspecified atom stereocenters. The summed E-state index contributed by atoms with van der Waals surface area (Å²) in [6.45, 7) is 3.96. The highest BCUT2D eigenvalue weighted by atomic mass is 32.1. The summed E-state index contributed by atoms with van der Waals surface area (Å²) in [6.07, 6.45) is 0.266. The van der Waals surface area contributed by atoms with Crippen molar-refractivity contribution in [3.8, 4) is 5.75 Å². The van der Waals surface area contributed by atoms with E-state index in [1.807, 2.05) is 68.4 Å². The number of para-hydroxylation sites is 1. The predicted molar refractivity (Wildman–Crippen MR) is 127 cm³/mol. The van der Waals surface area contributed by atoms with Crippen LogP contribution in [-0.2, 0) is 21.7 Å². The molecule has 0 bridgehead atoms.